The topological polar surface area (TPSA) is 220 Å². The summed E-state index contributed by atoms with van der Waals surface area (Å²) in [6.07, 6.45) is 7.50. The van der Waals surface area contributed by atoms with Crippen molar-refractivity contribution < 1.29 is 81.0 Å². The van der Waals surface area contributed by atoms with Crippen molar-refractivity contribution in [3.63, 3.8) is 0 Å². The van der Waals surface area contributed by atoms with E-state index in [1.165, 1.54) is 0 Å². The molecule has 0 spiro atoms. The van der Waals surface area contributed by atoms with Gasteiger partial charge in [-0.3, -0.25) is 0 Å². The smallest absolute Gasteiger partial charge is 0.330 e. The van der Waals surface area contributed by atoms with Crippen LogP contribution in [-0.4, -0.2) is 114 Å². The van der Waals surface area contributed by atoms with Gasteiger partial charge < -0.3 is 42.6 Å². The number of hydrogen-bond donors (Lipinski definition) is 0. The molecule has 56 heavy (non-hydrogen) atoms. The molecule has 0 aliphatic heterocycles. The van der Waals surface area contributed by atoms with Crippen molar-refractivity contribution in [1.29, 1.82) is 0 Å². The van der Waals surface area contributed by atoms with Gasteiger partial charge in [0.2, 0.25) is 0 Å². The zero-order valence-corrected chi connectivity index (χ0v) is 31.8. The second-order valence-corrected chi connectivity index (χ2v) is 12.2. The standard InChI is InChI=1S/C28H34O13.C11H16O4/c1-7-21(29)36-15-27(16-37-22(30)8-2,17-38-23(31)9-3)13-35-14-28(18-39-24(32)10-4,19-40-25(33)11-5)20-41-26(34)12-6;1-5-9(12)14-7-11(3,4)8-15-10(13)6-2/h7-12H,1-6,13-20H2;5-6H,1-2,7-8H2,3-4H3. The minimum absolute atomic E-state index is 0.169. The van der Waals surface area contributed by atoms with Crippen molar-refractivity contribution in [2.75, 3.05) is 66.1 Å². The van der Waals surface area contributed by atoms with Gasteiger partial charge in [-0.2, -0.15) is 0 Å². The Labute approximate surface area is 325 Å². The third kappa shape index (κ3) is 24.1. The summed E-state index contributed by atoms with van der Waals surface area (Å²) >= 11 is 0. The van der Waals surface area contributed by atoms with Crippen molar-refractivity contribution in [2.45, 2.75) is 13.8 Å². The number of carbonyl (C=O) groups excluding carboxylic acids is 8. The van der Waals surface area contributed by atoms with Crippen LogP contribution in [0.3, 0.4) is 0 Å². The third-order valence-corrected chi connectivity index (χ3v) is 6.48. The highest BCUT2D eigenvalue weighted by atomic mass is 16.6. The lowest BCUT2D eigenvalue weighted by molar-refractivity contribution is -0.169. The molecule has 0 N–H and O–H groups in total. The second kappa shape index (κ2) is 28.1. The van der Waals surface area contributed by atoms with E-state index in [0.717, 1.165) is 48.6 Å². The van der Waals surface area contributed by atoms with Crippen LogP contribution in [0.5, 0.6) is 0 Å². The molecule has 17 heteroatoms. The summed E-state index contributed by atoms with van der Waals surface area (Å²) in [5.74, 6) is -5.99. The van der Waals surface area contributed by atoms with Crippen LogP contribution >= 0.6 is 0 Å². The molecule has 0 bridgehead atoms. The number of carbonyl (C=O) groups is 8. The highest BCUT2D eigenvalue weighted by Gasteiger charge is 2.40. The first kappa shape index (κ1) is 51.7. The number of esters is 8. The van der Waals surface area contributed by atoms with Gasteiger partial charge in [0.25, 0.3) is 0 Å². The molecule has 308 valence electrons. The lowest BCUT2D eigenvalue weighted by Gasteiger charge is -2.35. The van der Waals surface area contributed by atoms with Gasteiger partial charge in [0.05, 0.1) is 37.3 Å². The maximum Gasteiger partial charge on any atom is 0.330 e. The number of ether oxygens (including phenoxy) is 9. The summed E-state index contributed by atoms with van der Waals surface area (Å²) < 4.78 is 46.4. The molecule has 0 aromatic heterocycles. The normalized spacial score (nSPS) is 10.5. The van der Waals surface area contributed by atoms with E-state index in [1.54, 1.807) is 0 Å². The fourth-order valence-electron chi connectivity index (χ4n) is 3.38. The second-order valence-electron chi connectivity index (χ2n) is 12.2. The molecule has 0 aliphatic carbocycles. The van der Waals surface area contributed by atoms with E-state index in [9.17, 15) is 38.4 Å². The number of rotatable bonds is 28. The first-order valence-electron chi connectivity index (χ1n) is 16.3. The molecule has 0 unspecified atom stereocenters. The molecule has 17 nitrogen and oxygen atoms in total. The Morgan fingerprint density at radius 2 is 0.482 bits per heavy atom. The zero-order valence-electron chi connectivity index (χ0n) is 31.8. The molecule has 0 saturated carbocycles. The Kier molecular flexibility index (Phi) is 26.0. The first-order chi connectivity index (χ1) is 26.3. The molecule has 0 fully saturated rings. The van der Waals surface area contributed by atoms with E-state index in [1.807, 2.05) is 13.8 Å². The van der Waals surface area contributed by atoms with Crippen LogP contribution in [0.4, 0.5) is 0 Å². The van der Waals surface area contributed by atoms with Crippen molar-refractivity contribution in [2.24, 2.45) is 16.2 Å². The van der Waals surface area contributed by atoms with E-state index in [0.29, 0.717) is 0 Å². The summed E-state index contributed by atoms with van der Waals surface area (Å²) in [6.45, 7) is 26.6. The van der Waals surface area contributed by atoms with Crippen molar-refractivity contribution in [3.8, 4) is 0 Å². The molecule has 0 heterocycles. The highest BCUT2D eigenvalue weighted by Crippen LogP contribution is 2.26. The van der Waals surface area contributed by atoms with Crippen molar-refractivity contribution >= 4 is 47.8 Å². The summed E-state index contributed by atoms with van der Waals surface area (Å²) in [5.41, 5.74) is -3.40. The predicted molar refractivity (Wildman–Crippen MR) is 199 cm³/mol. The van der Waals surface area contributed by atoms with Gasteiger partial charge in [0.15, 0.2) is 0 Å². The van der Waals surface area contributed by atoms with Gasteiger partial charge in [-0.25, -0.2) is 38.4 Å². The highest BCUT2D eigenvalue weighted by molar-refractivity contribution is 5.84. The number of hydrogen-bond acceptors (Lipinski definition) is 17. The lowest BCUT2D eigenvalue weighted by atomic mass is 9.90. The molecule has 0 amide bonds. The van der Waals surface area contributed by atoms with E-state index in [2.05, 4.69) is 52.6 Å². The molecule has 0 atom stereocenters. The largest absolute Gasteiger partial charge is 0.462 e. The zero-order chi connectivity index (χ0) is 43.2. The van der Waals surface area contributed by atoms with Gasteiger partial charge in [0.1, 0.15) is 39.6 Å². The maximum absolute atomic E-state index is 11.8. The maximum atomic E-state index is 11.8. The Morgan fingerprint density at radius 1 is 0.321 bits per heavy atom. The predicted octanol–water partition coefficient (Wildman–Crippen LogP) is 2.82. The van der Waals surface area contributed by atoms with Gasteiger partial charge in [-0.15, -0.1) is 0 Å². The quantitative estimate of drug-likeness (QED) is 0.0632. The Bertz CT molecular complexity index is 1240. The lowest BCUT2D eigenvalue weighted by Crippen LogP contribution is -2.47. The summed E-state index contributed by atoms with van der Waals surface area (Å²) in [6, 6.07) is 0. The molecular weight excluding hydrogens is 740 g/mol. The van der Waals surface area contributed by atoms with Crippen LogP contribution in [0.15, 0.2) is 101 Å². The van der Waals surface area contributed by atoms with E-state index >= 15 is 0 Å². The van der Waals surface area contributed by atoms with Gasteiger partial charge in [-0.05, 0) is 0 Å². The first-order valence-corrected chi connectivity index (χ1v) is 16.3. The van der Waals surface area contributed by atoms with Gasteiger partial charge >= 0.3 is 47.8 Å². The molecule has 0 aromatic rings. The SMILES string of the molecule is C=CC(=O)OCC(C)(C)COC(=O)C=C.C=CC(=O)OCC(COCC(COC(=O)C=C)(COC(=O)C=C)COC(=O)C=C)(COC(=O)C=C)COC(=O)C=C. The molecule has 0 saturated heterocycles. The molecular formula is C39H50O17. The summed E-state index contributed by atoms with van der Waals surface area (Å²) in [5, 5.41) is 0. The van der Waals surface area contributed by atoms with Crippen molar-refractivity contribution in [1.82, 2.24) is 0 Å². The van der Waals surface area contributed by atoms with Crippen LogP contribution in [0.25, 0.3) is 0 Å². The Morgan fingerprint density at radius 3 is 0.643 bits per heavy atom. The molecule has 0 aromatic carbocycles. The summed E-state index contributed by atoms with van der Waals surface area (Å²) in [4.78, 5) is 92.5. The van der Waals surface area contributed by atoms with Crippen LogP contribution in [-0.2, 0) is 81.0 Å². The van der Waals surface area contributed by atoms with E-state index in [-0.39, 0.29) is 13.2 Å². The fourth-order valence-corrected chi connectivity index (χ4v) is 3.38. The van der Waals surface area contributed by atoms with E-state index in [4.69, 9.17) is 42.6 Å². The van der Waals surface area contributed by atoms with E-state index < -0.39 is 117 Å². The van der Waals surface area contributed by atoms with Crippen LogP contribution in [0.1, 0.15) is 13.8 Å². The minimum atomic E-state index is -1.49. The van der Waals surface area contributed by atoms with Gasteiger partial charge in [-0.1, -0.05) is 66.5 Å². The fraction of sp³-hybridized carbons (Fsp3) is 0.385. The third-order valence-electron chi connectivity index (χ3n) is 6.48. The van der Waals surface area contributed by atoms with Crippen LogP contribution in [0, 0.1) is 16.2 Å². The van der Waals surface area contributed by atoms with Crippen LogP contribution in [0.2, 0.25) is 0 Å². The monoisotopic (exact) mass is 790 g/mol. The Hall–Kier alpha value is -6.36. The molecule has 0 aliphatic rings. The molecule has 0 radical (unpaired) electrons. The molecule has 0 rings (SSSR count). The van der Waals surface area contributed by atoms with Crippen LogP contribution < -0.4 is 0 Å². The average molecular weight is 791 g/mol. The van der Waals surface area contributed by atoms with Gasteiger partial charge in [0, 0.05) is 54.0 Å². The Balaban J connectivity index is 0. The minimum Gasteiger partial charge on any atom is -0.462 e. The summed E-state index contributed by atoms with van der Waals surface area (Å²) in [7, 11) is 0. The van der Waals surface area contributed by atoms with Crippen molar-refractivity contribution in [3.05, 3.63) is 101 Å². The average Bonchev–Trinajstić information content (AvgIpc) is 3.21.